The molecule has 1 nitrogen and oxygen atoms in total. The van der Waals surface area contributed by atoms with E-state index in [9.17, 15) is 5.11 Å². The highest BCUT2D eigenvalue weighted by molar-refractivity contribution is 5.02. The Balaban J connectivity index is 2.64. The van der Waals surface area contributed by atoms with Gasteiger partial charge in [-0.1, -0.05) is 27.2 Å². The minimum absolute atomic E-state index is 0.362. The molecule has 0 amide bonds. The van der Waals surface area contributed by atoms with Crippen LogP contribution in [0.5, 0.6) is 0 Å². The highest BCUT2D eigenvalue weighted by Gasteiger charge is 2.28. The lowest BCUT2D eigenvalue weighted by molar-refractivity contribution is -0.247. The van der Waals surface area contributed by atoms with E-state index in [1.54, 1.807) is 0 Å². The molecule has 74 valence electrons. The van der Waals surface area contributed by atoms with Gasteiger partial charge in [0.15, 0.2) is 0 Å². The molecule has 0 aromatic heterocycles. The molecular weight excluding hydrogens is 160 g/mol. The maximum Gasteiger partial charge on any atom is 0.0229 e. The van der Waals surface area contributed by atoms with E-state index in [-0.39, 0.29) is 0 Å². The third-order valence-corrected chi connectivity index (χ3v) is 3.27. The Kier molecular flexibility index (Phi) is 3.66. The van der Waals surface area contributed by atoms with Gasteiger partial charge in [0.05, 0.1) is 0 Å². The standard InChI is InChI=1S/C12H20O/c1-9(2)12-5-4-10(3)8-11(12)6-7-13/h9-13H,4-5,8H2,1-3H3/p-1. The number of rotatable bonds is 1. The lowest BCUT2D eigenvalue weighted by atomic mass is 9.70. The molecule has 0 radical (unpaired) electrons. The van der Waals surface area contributed by atoms with Crippen molar-refractivity contribution in [3.63, 3.8) is 0 Å². The third kappa shape index (κ3) is 2.66. The van der Waals surface area contributed by atoms with E-state index in [4.69, 9.17) is 0 Å². The van der Waals surface area contributed by atoms with Crippen molar-refractivity contribution in [3.05, 3.63) is 0 Å². The minimum atomic E-state index is 0.362. The molecule has 0 aromatic carbocycles. The molecule has 1 saturated carbocycles. The van der Waals surface area contributed by atoms with Gasteiger partial charge in [-0.3, -0.25) is 0 Å². The lowest BCUT2D eigenvalue weighted by Crippen LogP contribution is -2.26. The fourth-order valence-electron chi connectivity index (χ4n) is 2.44. The van der Waals surface area contributed by atoms with Gasteiger partial charge in [-0.15, -0.1) is 5.92 Å². The fourth-order valence-corrected chi connectivity index (χ4v) is 2.44. The average Bonchev–Trinajstić information content (AvgIpc) is 2.04. The first-order chi connectivity index (χ1) is 6.15. The topological polar surface area (TPSA) is 23.1 Å². The Hall–Kier alpha value is -0.640. The van der Waals surface area contributed by atoms with E-state index in [1.165, 1.54) is 12.8 Å². The lowest BCUT2D eigenvalue weighted by Gasteiger charge is -2.34. The largest absolute Gasteiger partial charge is 0.833 e. The van der Waals surface area contributed by atoms with Gasteiger partial charge in [0.1, 0.15) is 0 Å². The highest BCUT2D eigenvalue weighted by Crippen LogP contribution is 2.37. The van der Waals surface area contributed by atoms with Gasteiger partial charge < -0.3 is 5.11 Å². The Bertz CT molecular complexity index is 209. The second-order valence-electron chi connectivity index (χ2n) is 4.68. The van der Waals surface area contributed by atoms with Crippen molar-refractivity contribution in [3.8, 4) is 12.0 Å². The van der Waals surface area contributed by atoms with Gasteiger partial charge in [-0.05, 0) is 30.6 Å². The van der Waals surface area contributed by atoms with E-state index >= 15 is 0 Å². The van der Waals surface area contributed by atoms with Gasteiger partial charge in [-0.25, -0.2) is 0 Å². The Morgan fingerprint density at radius 1 is 1.31 bits per heavy atom. The summed E-state index contributed by atoms with van der Waals surface area (Å²) < 4.78 is 0. The second-order valence-corrected chi connectivity index (χ2v) is 4.68. The summed E-state index contributed by atoms with van der Waals surface area (Å²) in [6, 6.07) is 0. The molecule has 0 bridgehead atoms. The van der Waals surface area contributed by atoms with E-state index in [2.05, 4.69) is 26.7 Å². The predicted molar refractivity (Wildman–Crippen MR) is 52.6 cm³/mol. The van der Waals surface area contributed by atoms with Gasteiger partial charge >= 0.3 is 0 Å². The number of hydrogen-bond acceptors (Lipinski definition) is 1. The molecule has 0 N–H and O–H groups in total. The monoisotopic (exact) mass is 179 g/mol. The summed E-state index contributed by atoms with van der Waals surface area (Å²) in [6.45, 7) is 6.73. The quantitative estimate of drug-likeness (QED) is 0.565. The van der Waals surface area contributed by atoms with Crippen LogP contribution in [0.4, 0.5) is 0 Å². The van der Waals surface area contributed by atoms with Crippen LogP contribution < -0.4 is 5.11 Å². The van der Waals surface area contributed by atoms with Gasteiger partial charge in [0.25, 0.3) is 0 Å². The Morgan fingerprint density at radius 3 is 2.54 bits per heavy atom. The van der Waals surface area contributed by atoms with Crippen LogP contribution in [0.25, 0.3) is 0 Å². The Labute approximate surface area is 81.5 Å². The maximum atomic E-state index is 10.3. The third-order valence-electron chi connectivity index (χ3n) is 3.27. The van der Waals surface area contributed by atoms with Crippen LogP contribution in [0, 0.1) is 35.7 Å². The summed E-state index contributed by atoms with van der Waals surface area (Å²) in [5.74, 6) is 5.27. The van der Waals surface area contributed by atoms with E-state index in [1.807, 2.05) is 6.11 Å². The first kappa shape index (κ1) is 10.4. The SMILES string of the molecule is CC1CCC(C(C)C)C(C#C[O-])C1. The zero-order valence-electron chi connectivity index (χ0n) is 8.84. The molecule has 1 rings (SSSR count). The van der Waals surface area contributed by atoms with E-state index < -0.39 is 0 Å². The molecule has 3 unspecified atom stereocenters. The molecule has 13 heavy (non-hydrogen) atoms. The van der Waals surface area contributed by atoms with Crippen LogP contribution in [0.2, 0.25) is 0 Å². The van der Waals surface area contributed by atoms with Crippen LogP contribution in [0.15, 0.2) is 0 Å². The van der Waals surface area contributed by atoms with E-state index in [0.29, 0.717) is 17.8 Å². The maximum absolute atomic E-state index is 10.3. The number of hydrogen-bond donors (Lipinski definition) is 0. The second kappa shape index (κ2) is 4.56. The summed E-state index contributed by atoms with van der Waals surface area (Å²) in [5, 5.41) is 10.3. The highest BCUT2D eigenvalue weighted by atomic mass is 16.2. The van der Waals surface area contributed by atoms with Crippen molar-refractivity contribution < 1.29 is 5.11 Å². The summed E-state index contributed by atoms with van der Waals surface area (Å²) >= 11 is 0. The van der Waals surface area contributed by atoms with Gasteiger partial charge in [0, 0.05) is 5.92 Å². The molecule has 1 aliphatic rings. The summed E-state index contributed by atoms with van der Waals surface area (Å²) in [7, 11) is 0. The first-order valence-electron chi connectivity index (χ1n) is 5.27. The summed E-state index contributed by atoms with van der Waals surface area (Å²) in [4.78, 5) is 0. The normalized spacial score (nSPS) is 34.0. The van der Waals surface area contributed by atoms with Crippen molar-refractivity contribution in [2.24, 2.45) is 23.7 Å². The van der Waals surface area contributed by atoms with Crippen molar-refractivity contribution >= 4 is 0 Å². The van der Waals surface area contributed by atoms with Crippen LogP contribution in [-0.2, 0) is 0 Å². The van der Waals surface area contributed by atoms with Gasteiger partial charge in [-0.2, -0.15) is 6.11 Å². The molecular formula is C12H19O-. The van der Waals surface area contributed by atoms with Crippen LogP contribution in [-0.4, -0.2) is 0 Å². The predicted octanol–water partition coefficient (Wildman–Crippen LogP) is 2.02. The van der Waals surface area contributed by atoms with Gasteiger partial charge in [0.2, 0.25) is 0 Å². The zero-order chi connectivity index (χ0) is 9.84. The zero-order valence-corrected chi connectivity index (χ0v) is 8.84. The molecule has 0 aromatic rings. The Morgan fingerprint density at radius 2 is 2.00 bits per heavy atom. The van der Waals surface area contributed by atoms with Crippen molar-refractivity contribution in [1.82, 2.24) is 0 Å². The molecule has 0 spiro atoms. The molecule has 1 heteroatoms. The average molecular weight is 179 g/mol. The fraction of sp³-hybridized carbons (Fsp3) is 0.833. The summed E-state index contributed by atoms with van der Waals surface area (Å²) in [5.41, 5.74) is 0. The van der Waals surface area contributed by atoms with Crippen LogP contribution in [0.3, 0.4) is 0 Å². The van der Waals surface area contributed by atoms with E-state index in [0.717, 1.165) is 12.3 Å². The van der Waals surface area contributed by atoms with Crippen molar-refractivity contribution in [2.45, 2.75) is 40.0 Å². The first-order valence-corrected chi connectivity index (χ1v) is 5.27. The molecule has 0 aliphatic heterocycles. The molecule has 3 atom stereocenters. The molecule has 0 saturated heterocycles. The van der Waals surface area contributed by atoms with Crippen molar-refractivity contribution in [1.29, 1.82) is 0 Å². The summed E-state index contributed by atoms with van der Waals surface area (Å²) in [6.07, 6.45) is 5.52. The van der Waals surface area contributed by atoms with Crippen molar-refractivity contribution in [2.75, 3.05) is 0 Å². The minimum Gasteiger partial charge on any atom is -0.833 e. The van der Waals surface area contributed by atoms with Crippen LogP contribution >= 0.6 is 0 Å². The smallest absolute Gasteiger partial charge is 0.0229 e. The molecule has 0 heterocycles. The van der Waals surface area contributed by atoms with Crippen LogP contribution in [0.1, 0.15) is 40.0 Å². The molecule has 1 fully saturated rings. The molecule has 1 aliphatic carbocycles.